The molecule has 0 unspecified atom stereocenters. The molecule has 4 heterocycles. The number of aromatic nitrogens is 2. The number of nitrogens with one attached hydrogen (secondary N) is 2. The van der Waals surface area contributed by atoms with E-state index in [4.69, 9.17) is 4.74 Å². The number of aromatic amines is 1. The number of benzene rings is 3. The summed E-state index contributed by atoms with van der Waals surface area (Å²) in [4.78, 5) is 74.2. The molecule has 3 saturated heterocycles. The van der Waals surface area contributed by atoms with E-state index in [-0.39, 0.29) is 59.1 Å². The van der Waals surface area contributed by atoms with Gasteiger partial charge in [0.25, 0.3) is 17.4 Å². The second kappa shape index (κ2) is 19.9. The number of amides is 4. The number of hydrogen-bond donors (Lipinski definition) is 2. The molecule has 4 aromatic rings. The van der Waals surface area contributed by atoms with Gasteiger partial charge in [-0.25, -0.2) is 13.9 Å². The highest BCUT2D eigenvalue weighted by Gasteiger charge is 2.38. The molecule has 5 fully saturated rings. The van der Waals surface area contributed by atoms with Crippen LogP contribution in [0.2, 0.25) is 0 Å². The van der Waals surface area contributed by atoms with Crippen LogP contribution in [0.1, 0.15) is 114 Å². The molecule has 4 amide bonds. The van der Waals surface area contributed by atoms with E-state index in [0.717, 1.165) is 70.9 Å². The summed E-state index contributed by atoms with van der Waals surface area (Å²) in [6, 6.07) is 15.9. The normalized spacial score (nSPS) is 19.9. The molecule has 0 bridgehead atoms. The molecule has 65 heavy (non-hydrogen) atoms. The Hall–Kier alpha value is -5.54. The van der Waals surface area contributed by atoms with Crippen LogP contribution in [0.15, 0.2) is 65.5 Å². The topological polar surface area (TPSA) is 148 Å². The van der Waals surface area contributed by atoms with Gasteiger partial charge >= 0.3 is 0 Å². The van der Waals surface area contributed by atoms with Crippen LogP contribution < -0.4 is 10.9 Å². The number of nitrogens with zero attached hydrogens (tertiary/aromatic N) is 5. The van der Waals surface area contributed by atoms with Crippen LogP contribution in [0.5, 0.6) is 0 Å². The monoisotopic (exact) mass is 891 g/mol. The molecule has 344 valence electrons. The lowest BCUT2D eigenvalue weighted by atomic mass is 9.83. The number of H-pyrrole nitrogens is 1. The zero-order valence-electron chi connectivity index (χ0n) is 37.0. The Balaban J connectivity index is 0.708. The molecule has 1 aromatic heterocycles. The Morgan fingerprint density at radius 2 is 1.40 bits per heavy atom. The first-order chi connectivity index (χ1) is 31.6. The van der Waals surface area contributed by atoms with Crippen LogP contribution in [0.3, 0.4) is 0 Å². The van der Waals surface area contributed by atoms with Crippen LogP contribution in [-0.2, 0) is 20.7 Å². The van der Waals surface area contributed by atoms with Gasteiger partial charge in [-0.15, -0.1) is 0 Å². The Morgan fingerprint density at radius 1 is 0.723 bits per heavy atom. The first-order valence-corrected chi connectivity index (χ1v) is 23.7. The molecule has 1 atom stereocenters. The van der Waals surface area contributed by atoms with Crippen molar-refractivity contribution >= 4 is 34.4 Å². The highest BCUT2D eigenvalue weighted by Crippen LogP contribution is 2.42. The molecule has 9 rings (SSSR count). The summed E-state index contributed by atoms with van der Waals surface area (Å²) in [5.74, 6) is -1.90. The predicted molar refractivity (Wildman–Crippen MR) is 240 cm³/mol. The van der Waals surface area contributed by atoms with Gasteiger partial charge in [0, 0.05) is 64.2 Å². The number of ether oxygens (including phenoxy) is 1. The third-order valence-corrected chi connectivity index (χ3v) is 14.3. The van der Waals surface area contributed by atoms with Crippen molar-refractivity contribution in [2.45, 2.75) is 101 Å². The predicted octanol–water partition coefficient (Wildman–Crippen LogP) is 5.80. The molecule has 2 aliphatic carbocycles. The fraction of sp³-hybridized carbons (Fsp3) is 0.520. The summed E-state index contributed by atoms with van der Waals surface area (Å²) in [7, 11) is 0. The average molecular weight is 892 g/mol. The second-order valence-electron chi connectivity index (χ2n) is 18.7. The van der Waals surface area contributed by atoms with Crippen LogP contribution in [0, 0.1) is 17.6 Å². The largest absolute Gasteiger partial charge is 0.375 e. The summed E-state index contributed by atoms with van der Waals surface area (Å²) in [6.07, 6.45) is 10.1. The Kier molecular flexibility index (Phi) is 13.7. The minimum absolute atomic E-state index is 0.00180. The number of carbonyl (C=O) groups excluding carboxylic acids is 4. The summed E-state index contributed by atoms with van der Waals surface area (Å²) in [5.41, 5.74) is 1.59. The van der Waals surface area contributed by atoms with E-state index in [2.05, 4.69) is 20.4 Å². The first-order valence-electron chi connectivity index (χ1n) is 23.7. The van der Waals surface area contributed by atoms with Crippen molar-refractivity contribution in [2.75, 3.05) is 58.9 Å². The minimum atomic E-state index is -0.684. The molecule has 5 aliphatic rings. The Labute approximate surface area is 377 Å². The van der Waals surface area contributed by atoms with Gasteiger partial charge in [-0.05, 0) is 98.6 Å². The van der Waals surface area contributed by atoms with Gasteiger partial charge in [-0.3, -0.25) is 28.9 Å². The number of piperazine rings is 1. The lowest BCUT2D eigenvalue weighted by molar-refractivity contribution is -0.140. The Bertz CT molecular complexity index is 2450. The summed E-state index contributed by atoms with van der Waals surface area (Å²) in [6.45, 7) is 4.11. The van der Waals surface area contributed by atoms with Crippen LogP contribution in [-0.4, -0.2) is 131 Å². The Morgan fingerprint density at radius 3 is 2.11 bits per heavy atom. The molecule has 15 heteroatoms. The van der Waals surface area contributed by atoms with Gasteiger partial charge in [0.2, 0.25) is 11.8 Å². The van der Waals surface area contributed by atoms with Crippen LogP contribution >= 0.6 is 0 Å². The maximum Gasteiger partial charge on any atom is 0.272 e. The molecule has 3 aromatic carbocycles. The third-order valence-electron chi connectivity index (χ3n) is 14.3. The van der Waals surface area contributed by atoms with E-state index in [1.807, 2.05) is 17.0 Å². The fourth-order valence-electron chi connectivity index (χ4n) is 10.4. The van der Waals surface area contributed by atoms with E-state index < -0.39 is 29.5 Å². The van der Waals surface area contributed by atoms with Crippen molar-refractivity contribution in [1.82, 2.24) is 35.1 Å². The fourth-order valence-corrected chi connectivity index (χ4v) is 10.4. The van der Waals surface area contributed by atoms with Crippen molar-refractivity contribution in [3.8, 4) is 0 Å². The molecule has 0 radical (unpaired) electrons. The van der Waals surface area contributed by atoms with E-state index in [9.17, 15) is 24.0 Å². The molecule has 2 saturated carbocycles. The number of halogens is 2. The molecule has 0 spiro atoms. The molecule has 13 nitrogen and oxygen atoms in total. The first kappa shape index (κ1) is 44.7. The van der Waals surface area contributed by atoms with Gasteiger partial charge in [-0.2, -0.15) is 5.10 Å². The minimum Gasteiger partial charge on any atom is -0.375 e. The summed E-state index contributed by atoms with van der Waals surface area (Å²) >= 11 is 0. The average Bonchev–Trinajstić information content (AvgIpc) is 4.19. The standard InChI is InChI=1S/C50H59F2N7O6/c51-42-16-13-32(30-43-38-9-4-5-10-39(38)48(62)55-54-43)29-41(42)49(63)59-27-25-57(26-28-59)44(60)31-56-21-17-35(18-22-56)65-36-19-23-58(24-20-36)50(64)46(34-7-2-1-3-8-34)53-47(61)40-12-6-11-37(45(40)52)33-14-15-33/h4-6,9-13,16,29,33-36,46H,1-3,7-8,14-15,17-28,30-31H2,(H,53,61)(H,55,62)/t46-/m1/s1. The number of piperidine rings is 2. The highest BCUT2D eigenvalue weighted by atomic mass is 19.1. The van der Waals surface area contributed by atoms with Gasteiger partial charge < -0.3 is 24.8 Å². The zero-order chi connectivity index (χ0) is 45.0. The zero-order valence-corrected chi connectivity index (χ0v) is 37.0. The van der Waals surface area contributed by atoms with Gasteiger partial charge in [0.05, 0.1) is 41.0 Å². The number of likely N-dealkylation sites (tertiary alicyclic amines) is 2. The van der Waals surface area contributed by atoms with Crippen molar-refractivity contribution in [1.29, 1.82) is 0 Å². The van der Waals surface area contributed by atoms with Crippen LogP contribution in [0.4, 0.5) is 8.78 Å². The quantitative estimate of drug-likeness (QED) is 0.181. The number of rotatable bonds is 12. The van der Waals surface area contributed by atoms with Crippen molar-refractivity contribution in [3.05, 3.63) is 111 Å². The van der Waals surface area contributed by atoms with E-state index in [1.54, 1.807) is 46.2 Å². The van der Waals surface area contributed by atoms with Crippen molar-refractivity contribution in [2.24, 2.45) is 5.92 Å². The third kappa shape index (κ3) is 10.3. The number of hydrogen-bond acceptors (Lipinski definition) is 8. The van der Waals surface area contributed by atoms with Crippen molar-refractivity contribution in [3.63, 3.8) is 0 Å². The molecule has 2 N–H and O–H groups in total. The summed E-state index contributed by atoms with van der Waals surface area (Å²) < 4.78 is 37.0. The smallest absolute Gasteiger partial charge is 0.272 e. The maximum atomic E-state index is 15.4. The van der Waals surface area contributed by atoms with Gasteiger partial charge in [-0.1, -0.05) is 55.7 Å². The number of fused-ring (bicyclic) bond motifs is 1. The highest BCUT2D eigenvalue weighted by molar-refractivity contribution is 5.98. The number of carbonyl (C=O) groups is 4. The van der Waals surface area contributed by atoms with Gasteiger partial charge in [0.15, 0.2) is 0 Å². The SMILES string of the molecule is O=C(N[C@@H](C(=O)N1CCC(OC2CCN(CC(=O)N3CCN(C(=O)c4cc(Cc5n[nH]c(=O)c6ccccc56)ccc4F)CC3)CC2)CC1)C1CCCCC1)c1cccc(C2CC2)c1F. The van der Waals surface area contributed by atoms with E-state index >= 15 is 8.78 Å². The van der Waals surface area contributed by atoms with E-state index in [0.29, 0.717) is 86.1 Å². The summed E-state index contributed by atoms with van der Waals surface area (Å²) in [5, 5.41) is 11.0. The molecule has 3 aliphatic heterocycles. The second-order valence-corrected chi connectivity index (χ2v) is 18.7. The van der Waals surface area contributed by atoms with E-state index in [1.165, 1.54) is 12.1 Å². The lowest BCUT2D eigenvalue weighted by Gasteiger charge is -2.40. The maximum absolute atomic E-state index is 15.4. The van der Waals surface area contributed by atoms with Crippen molar-refractivity contribution < 1.29 is 32.7 Å². The lowest BCUT2D eigenvalue weighted by Crippen LogP contribution is -2.55. The molecular formula is C50H59F2N7O6. The van der Waals surface area contributed by atoms with Crippen LogP contribution in [0.25, 0.3) is 10.8 Å². The van der Waals surface area contributed by atoms with Gasteiger partial charge in [0.1, 0.15) is 17.7 Å². The molecular weight excluding hydrogens is 833 g/mol.